The van der Waals surface area contributed by atoms with Crippen LogP contribution in [0.5, 0.6) is 5.75 Å². The number of allylic oxidation sites excluding steroid dienone is 1. The second kappa shape index (κ2) is 14.8. The minimum Gasteiger partial charge on any atom is -0.508 e. The Morgan fingerprint density at radius 3 is 2.77 bits per heavy atom. The highest BCUT2D eigenvalue weighted by Gasteiger charge is 2.31. The number of rotatable bonds is 8. The summed E-state index contributed by atoms with van der Waals surface area (Å²) in [5, 5.41) is 14.8. The number of phenols is 1. The molecule has 2 aliphatic heterocycles. The van der Waals surface area contributed by atoms with Crippen LogP contribution in [0.25, 0.3) is 0 Å². The largest absolute Gasteiger partial charge is 0.508 e. The molecular formula is C30H41N3O6. The van der Waals surface area contributed by atoms with Crippen LogP contribution >= 0.6 is 0 Å². The number of amides is 1. The SMILES string of the molecule is NCCCOC1/C=C/CCOC(=O)c2c(cc(O)cc2C2CC2)CC(=N/OCC(=O)N2CCCCC2)/C=C/C1. The van der Waals surface area contributed by atoms with E-state index >= 15 is 0 Å². The molecule has 1 saturated heterocycles. The van der Waals surface area contributed by atoms with Gasteiger partial charge in [0.15, 0.2) is 6.61 Å². The molecule has 1 atom stereocenters. The van der Waals surface area contributed by atoms with Crippen LogP contribution in [0.2, 0.25) is 0 Å². The second-order valence-corrected chi connectivity index (χ2v) is 10.4. The molecule has 1 aromatic carbocycles. The van der Waals surface area contributed by atoms with Crippen molar-refractivity contribution >= 4 is 17.6 Å². The van der Waals surface area contributed by atoms with Gasteiger partial charge < -0.3 is 30.1 Å². The number of nitrogens with zero attached hydrogens (tertiary/aromatic N) is 2. The van der Waals surface area contributed by atoms with Crippen molar-refractivity contribution in [2.45, 2.75) is 69.8 Å². The van der Waals surface area contributed by atoms with Crippen molar-refractivity contribution in [2.24, 2.45) is 10.9 Å². The summed E-state index contributed by atoms with van der Waals surface area (Å²) in [5.41, 5.74) is 8.07. The zero-order valence-electron chi connectivity index (χ0n) is 22.7. The van der Waals surface area contributed by atoms with Gasteiger partial charge in [0.05, 0.1) is 24.0 Å². The van der Waals surface area contributed by atoms with E-state index in [1.54, 1.807) is 12.1 Å². The molecule has 3 aliphatic rings. The lowest BCUT2D eigenvalue weighted by Crippen LogP contribution is -2.37. The number of ether oxygens (including phenoxy) is 2. The van der Waals surface area contributed by atoms with Crippen LogP contribution in [0.3, 0.4) is 0 Å². The van der Waals surface area contributed by atoms with Crippen molar-refractivity contribution in [3.63, 3.8) is 0 Å². The fraction of sp³-hybridized carbons (Fsp3) is 0.567. The van der Waals surface area contributed by atoms with Gasteiger partial charge >= 0.3 is 5.97 Å². The molecule has 3 N–H and O–H groups in total. The first-order valence-corrected chi connectivity index (χ1v) is 14.2. The maximum atomic E-state index is 13.3. The topological polar surface area (TPSA) is 124 Å². The lowest BCUT2D eigenvalue weighted by atomic mass is 9.93. The molecule has 212 valence electrons. The number of carbonyl (C=O) groups excluding carboxylic acids is 2. The average Bonchev–Trinajstić information content (AvgIpc) is 3.78. The van der Waals surface area contributed by atoms with Crippen molar-refractivity contribution < 1.29 is 29.0 Å². The van der Waals surface area contributed by atoms with Gasteiger partial charge in [-0.1, -0.05) is 23.4 Å². The minimum atomic E-state index is -0.405. The number of carbonyl (C=O) groups is 2. The summed E-state index contributed by atoms with van der Waals surface area (Å²) in [6.07, 6.45) is 14.8. The lowest BCUT2D eigenvalue weighted by molar-refractivity contribution is -0.137. The van der Waals surface area contributed by atoms with E-state index in [2.05, 4.69) is 5.16 Å². The number of likely N-dealkylation sites (tertiary alicyclic amines) is 1. The fourth-order valence-electron chi connectivity index (χ4n) is 4.93. The highest BCUT2D eigenvalue weighted by Crippen LogP contribution is 2.44. The molecule has 0 bridgehead atoms. The van der Waals surface area contributed by atoms with E-state index in [4.69, 9.17) is 20.0 Å². The van der Waals surface area contributed by atoms with Crippen molar-refractivity contribution in [3.8, 4) is 5.75 Å². The second-order valence-electron chi connectivity index (χ2n) is 10.4. The smallest absolute Gasteiger partial charge is 0.338 e. The molecule has 1 saturated carbocycles. The number of nitrogens with two attached hydrogens (primary N) is 1. The van der Waals surface area contributed by atoms with E-state index in [9.17, 15) is 14.7 Å². The fourth-order valence-corrected chi connectivity index (χ4v) is 4.93. The number of cyclic esters (lactones) is 1. The Balaban J connectivity index is 1.58. The normalized spacial score (nSPS) is 23.4. The van der Waals surface area contributed by atoms with Gasteiger partial charge in [0.2, 0.25) is 0 Å². The third-order valence-corrected chi connectivity index (χ3v) is 7.13. The molecule has 1 amide bonds. The number of piperidine rings is 1. The summed E-state index contributed by atoms with van der Waals surface area (Å²) in [6.45, 7) is 2.70. The molecule has 39 heavy (non-hydrogen) atoms. The number of phenolic OH excluding ortho intramolecular Hbond substituents is 1. The Morgan fingerprint density at radius 1 is 1.18 bits per heavy atom. The maximum absolute atomic E-state index is 13.3. The van der Waals surface area contributed by atoms with Crippen LogP contribution in [-0.4, -0.2) is 73.2 Å². The Morgan fingerprint density at radius 2 is 2.00 bits per heavy atom. The van der Waals surface area contributed by atoms with Gasteiger partial charge in [-0.2, -0.15) is 0 Å². The zero-order chi connectivity index (χ0) is 27.5. The van der Waals surface area contributed by atoms with Gasteiger partial charge in [0.1, 0.15) is 5.75 Å². The van der Waals surface area contributed by atoms with Gasteiger partial charge in [-0.25, -0.2) is 4.79 Å². The number of fused-ring (bicyclic) bond motifs is 1. The maximum Gasteiger partial charge on any atom is 0.338 e. The summed E-state index contributed by atoms with van der Waals surface area (Å²) in [5.74, 6) is -0.152. The highest BCUT2D eigenvalue weighted by atomic mass is 16.6. The van der Waals surface area contributed by atoms with Crippen molar-refractivity contribution in [3.05, 3.63) is 53.1 Å². The van der Waals surface area contributed by atoms with E-state index in [1.165, 1.54) is 0 Å². The third kappa shape index (κ3) is 8.93. The molecule has 2 fully saturated rings. The number of aromatic hydroxyl groups is 1. The first-order valence-electron chi connectivity index (χ1n) is 14.2. The van der Waals surface area contributed by atoms with E-state index in [0.717, 1.165) is 57.2 Å². The summed E-state index contributed by atoms with van der Waals surface area (Å²) in [4.78, 5) is 33.2. The summed E-state index contributed by atoms with van der Waals surface area (Å²) in [6, 6.07) is 3.26. The summed E-state index contributed by atoms with van der Waals surface area (Å²) < 4.78 is 11.6. The molecule has 0 aromatic heterocycles. The number of hydrogen-bond donors (Lipinski definition) is 2. The van der Waals surface area contributed by atoms with E-state index in [0.29, 0.717) is 42.8 Å². The van der Waals surface area contributed by atoms with Crippen LogP contribution in [0, 0.1) is 0 Å². The number of benzene rings is 1. The molecular weight excluding hydrogens is 498 g/mol. The third-order valence-electron chi connectivity index (χ3n) is 7.13. The Bertz CT molecular complexity index is 1070. The highest BCUT2D eigenvalue weighted by molar-refractivity contribution is 6.00. The molecule has 9 nitrogen and oxygen atoms in total. The lowest BCUT2D eigenvalue weighted by Gasteiger charge is -2.26. The molecule has 0 spiro atoms. The molecule has 1 unspecified atom stereocenters. The quantitative estimate of drug-likeness (QED) is 0.222. The minimum absolute atomic E-state index is 0.0833. The van der Waals surface area contributed by atoms with E-state index < -0.39 is 5.97 Å². The van der Waals surface area contributed by atoms with E-state index in [-0.39, 0.29) is 43.3 Å². The van der Waals surface area contributed by atoms with Crippen LogP contribution in [-0.2, 0) is 25.5 Å². The zero-order valence-corrected chi connectivity index (χ0v) is 22.7. The summed E-state index contributed by atoms with van der Waals surface area (Å²) >= 11 is 0. The predicted octanol–water partition coefficient (Wildman–Crippen LogP) is 3.99. The monoisotopic (exact) mass is 539 g/mol. The van der Waals surface area contributed by atoms with Gasteiger partial charge in [0, 0.05) is 26.1 Å². The first-order chi connectivity index (χ1) is 19.0. The van der Waals surface area contributed by atoms with E-state index in [1.807, 2.05) is 29.2 Å². The molecule has 1 aliphatic carbocycles. The van der Waals surface area contributed by atoms with Crippen molar-refractivity contribution in [2.75, 3.05) is 39.5 Å². The van der Waals surface area contributed by atoms with Crippen LogP contribution in [0.15, 0.2) is 41.6 Å². The Kier molecular flexibility index (Phi) is 11.0. The van der Waals surface area contributed by atoms with Gasteiger partial charge in [-0.05, 0) is 93.2 Å². The van der Waals surface area contributed by atoms with Crippen LogP contribution in [0.1, 0.15) is 78.8 Å². The van der Waals surface area contributed by atoms with Crippen molar-refractivity contribution in [1.82, 2.24) is 4.90 Å². The Hall–Kier alpha value is -3.17. The van der Waals surface area contributed by atoms with Crippen LogP contribution < -0.4 is 5.73 Å². The van der Waals surface area contributed by atoms with Gasteiger partial charge in [0.25, 0.3) is 5.91 Å². The number of esters is 1. The number of oxime groups is 1. The molecule has 1 aromatic rings. The van der Waals surface area contributed by atoms with Crippen molar-refractivity contribution in [1.29, 1.82) is 0 Å². The first kappa shape index (κ1) is 28.8. The molecule has 9 heteroatoms. The van der Waals surface area contributed by atoms with Gasteiger partial charge in [-0.15, -0.1) is 0 Å². The standard InChI is InChI=1S/C30H41N3O6/c31-13-7-17-37-26-9-2-5-16-38-30(36)29-23(19-25(34)20-27(29)22-11-12-22)18-24(8-6-10-26)32-39-21-28(35)33-14-3-1-4-15-33/h2,6,8-9,19-20,22,26,34H,1,3-5,7,10-18,21,31H2/b8-6+,9-2+,32-24+. The predicted molar refractivity (Wildman–Crippen MR) is 149 cm³/mol. The summed E-state index contributed by atoms with van der Waals surface area (Å²) in [7, 11) is 0. The Labute approximate surface area is 230 Å². The molecule has 0 radical (unpaired) electrons. The van der Waals surface area contributed by atoms with Gasteiger partial charge in [-0.3, -0.25) is 4.79 Å². The van der Waals surface area contributed by atoms with Crippen LogP contribution in [0.4, 0.5) is 0 Å². The molecule has 2 heterocycles. The molecule has 4 rings (SSSR count). The average molecular weight is 540 g/mol. The number of hydrogen-bond acceptors (Lipinski definition) is 8.